The Bertz CT molecular complexity index is 1110. The molecule has 8 heteroatoms. The number of benzene rings is 2. The van der Waals surface area contributed by atoms with Gasteiger partial charge in [0.15, 0.2) is 5.75 Å². The molecule has 0 fully saturated rings. The molecule has 0 saturated heterocycles. The molecular weight excluding hydrogens is 406 g/mol. The van der Waals surface area contributed by atoms with Crippen LogP contribution >= 0.6 is 0 Å². The zero-order valence-corrected chi connectivity index (χ0v) is 16.6. The molecule has 1 aliphatic rings. The lowest BCUT2D eigenvalue weighted by Gasteiger charge is -2.32. The monoisotopic (exact) mass is 426 g/mol. The van der Waals surface area contributed by atoms with Crippen molar-refractivity contribution in [1.29, 1.82) is 0 Å². The summed E-state index contributed by atoms with van der Waals surface area (Å²) in [5.41, 5.74) is 2.75. The van der Waals surface area contributed by atoms with Gasteiger partial charge in [-0.2, -0.15) is 0 Å². The van der Waals surface area contributed by atoms with Crippen LogP contribution in [0.15, 0.2) is 54.9 Å². The summed E-state index contributed by atoms with van der Waals surface area (Å²) in [6, 6.07) is 10.8. The number of hydrogen-bond donors (Lipinski definition) is 1. The highest BCUT2D eigenvalue weighted by Crippen LogP contribution is 2.35. The molecule has 2 aromatic carbocycles. The molecule has 0 bridgehead atoms. The molecule has 3 aromatic rings. The topological polar surface area (TPSA) is 71.9 Å². The van der Waals surface area contributed by atoms with Crippen LogP contribution in [-0.4, -0.2) is 22.8 Å². The van der Waals surface area contributed by atoms with Gasteiger partial charge in [0.2, 0.25) is 0 Å². The third-order valence-electron chi connectivity index (χ3n) is 5.12. The standard InChI is InChI=1S/C23H20F2N2O4/c24-17-8-7-16(19(25)10-17)14-30-21-6-2-1-4-15(21)13-27-9-3-5-18-20(27)11-26-12-22(18)31-23(28)29/h1-2,4,6-8,10-12H,3,5,9,13-14H2,(H,28,29). The van der Waals surface area contributed by atoms with E-state index in [9.17, 15) is 13.6 Å². The summed E-state index contributed by atoms with van der Waals surface area (Å²) in [6.07, 6.45) is 3.25. The third-order valence-corrected chi connectivity index (χ3v) is 5.12. The number of carboxylic acid groups (broad SMARTS) is 1. The van der Waals surface area contributed by atoms with Crippen molar-refractivity contribution in [2.45, 2.75) is 26.0 Å². The fourth-order valence-corrected chi connectivity index (χ4v) is 3.67. The second-order valence-electron chi connectivity index (χ2n) is 7.16. The van der Waals surface area contributed by atoms with Crippen molar-refractivity contribution >= 4 is 11.8 Å². The largest absolute Gasteiger partial charge is 0.511 e. The molecule has 1 aromatic heterocycles. The van der Waals surface area contributed by atoms with E-state index in [4.69, 9.17) is 14.6 Å². The number of nitrogens with zero attached hydrogens (tertiary/aromatic N) is 2. The Hall–Kier alpha value is -3.68. The molecule has 160 valence electrons. The van der Waals surface area contributed by atoms with Crippen LogP contribution in [0.25, 0.3) is 0 Å². The first-order chi connectivity index (χ1) is 15.0. The number of aromatic nitrogens is 1. The van der Waals surface area contributed by atoms with Crippen LogP contribution in [0.1, 0.15) is 23.1 Å². The minimum atomic E-state index is -1.38. The summed E-state index contributed by atoms with van der Waals surface area (Å²) in [5, 5.41) is 8.97. The average Bonchev–Trinajstić information content (AvgIpc) is 2.74. The number of pyridine rings is 1. The Kier molecular flexibility index (Phi) is 5.97. The zero-order chi connectivity index (χ0) is 21.8. The van der Waals surface area contributed by atoms with Gasteiger partial charge in [0.25, 0.3) is 0 Å². The SMILES string of the molecule is O=C(O)Oc1cncc2c1CCCN2Cc1ccccc1OCc1ccc(F)cc1F. The van der Waals surface area contributed by atoms with Crippen molar-refractivity contribution < 1.29 is 28.2 Å². The maximum absolute atomic E-state index is 13.9. The quantitative estimate of drug-likeness (QED) is 0.563. The summed E-state index contributed by atoms with van der Waals surface area (Å²) in [4.78, 5) is 17.2. The summed E-state index contributed by atoms with van der Waals surface area (Å²) < 4.78 is 37.8. The predicted octanol–water partition coefficient (Wildman–Crippen LogP) is 4.95. The van der Waals surface area contributed by atoms with Crippen molar-refractivity contribution in [3.8, 4) is 11.5 Å². The fraction of sp³-hybridized carbons (Fsp3) is 0.217. The summed E-state index contributed by atoms with van der Waals surface area (Å²) in [7, 11) is 0. The lowest BCUT2D eigenvalue weighted by atomic mass is 10.0. The van der Waals surface area contributed by atoms with Crippen LogP contribution in [-0.2, 0) is 19.6 Å². The van der Waals surface area contributed by atoms with E-state index in [1.807, 2.05) is 18.2 Å². The van der Waals surface area contributed by atoms with E-state index < -0.39 is 17.8 Å². The predicted molar refractivity (Wildman–Crippen MR) is 109 cm³/mol. The summed E-state index contributed by atoms with van der Waals surface area (Å²) in [6.45, 7) is 1.22. The molecule has 0 atom stereocenters. The van der Waals surface area contributed by atoms with Crippen LogP contribution in [0.4, 0.5) is 19.3 Å². The maximum atomic E-state index is 13.9. The number of rotatable bonds is 6. The van der Waals surface area contributed by atoms with Gasteiger partial charge in [0.05, 0.1) is 18.1 Å². The molecule has 1 N–H and O–H groups in total. The molecule has 0 amide bonds. The minimum Gasteiger partial charge on any atom is -0.488 e. The first-order valence-electron chi connectivity index (χ1n) is 9.78. The molecule has 0 unspecified atom stereocenters. The summed E-state index contributed by atoms with van der Waals surface area (Å²) >= 11 is 0. The van der Waals surface area contributed by atoms with Gasteiger partial charge in [-0.25, -0.2) is 13.6 Å². The molecule has 6 nitrogen and oxygen atoms in total. The van der Waals surface area contributed by atoms with Gasteiger partial charge in [-0.15, -0.1) is 0 Å². The molecule has 4 rings (SSSR count). The van der Waals surface area contributed by atoms with Crippen LogP contribution in [0.2, 0.25) is 0 Å². The van der Waals surface area contributed by atoms with E-state index in [-0.39, 0.29) is 17.9 Å². The second-order valence-corrected chi connectivity index (χ2v) is 7.16. The Morgan fingerprint density at radius 2 is 1.94 bits per heavy atom. The van der Waals surface area contributed by atoms with E-state index in [2.05, 4.69) is 9.88 Å². The van der Waals surface area contributed by atoms with Gasteiger partial charge in [-0.3, -0.25) is 4.98 Å². The van der Waals surface area contributed by atoms with Crippen molar-refractivity contribution in [3.63, 3.8) is 0 Å². The number of fused-ring (bicyclic) bond motifs is 1. The number of anilines is 1. The van der Waals surface area contributed by atoms with E-state index in [0.29, 0.717) is 18.7 Å². The molecule has 31 heavy (non-hydrogen) atoms. The van der Waals surface area contributed by atoms with Gasteiger partial charge in [0.1, 0.15) is 24.0 Å². The highest BCUT2D eigenvalue weighted by molar-refractivity contribution is 5.66. The number of hydrogen-bond acceptors (Lipinski definition) is 5. The van der Waals surface area contributed by atoms with Gasteiger partial charge in [0, 0.05) is 35.8 Å². The molecule has 1 aliphatic heterocycles. The molecule has 0 radical (unpaired) electrons. The number of ether oxygens (including phenoxy) is 2. The smallest absolute Gasteiger partial charge is 0.488 e. The highest BCUT2D eigenvalue weighted by Gasteiger charge is 2.23. The van der Waals surface area contributed by atoms with Crippen LogP contribution in [0.5, 0.6) is 11.5 Å². The average molecular weight is 426 g/mol. The Labute approximate surface area is 177 Å². The highest BCUT2D eigenvalue weighted by atomic mass is 19.1. The molecule has 0 spiro atoms. The number of halogens is 2. The number of para-hydroxylation sites is 1. The summed E-state index contributed by atoms with van der Waals surface area (Å²) in [5.74, 6) is -0.458. The second kappa shape index (κ2) is 8.99. The maximum Gasteiger partial charge on any atom is 0.511 e. The van der Waals surface area contributed by atoms with Gasteiger partial charge < -0.3 is 19.5 Å². The Morgan fingerprint density at radius 1 is 1.10 bits per heavy atom. The van der Waals surface area contributed by atoms with E-state index in [1.54, 1.807) is 12.3 Å². The van der Waals surface area contributed by atoms with Crippen LogP contribution in [0, 0.1) is 11.6 Å². The molecule has 0 aliphatic carbocycles. The van der Waals surface area contributed by atoms with Crippen molar-refractivity contribution in [3.05, 3.63) is 83.2 Å². The molecule has 0 saturated carbocycles. The van der Waals surface area contributed by atoms with Gasteiger partial charge >= 0.3 is 6.16 Å². The van der Waals surface area contributed by atoms with Crippen molar-refractivity contribution in [1.82, 2.24) is 4.98 Å². The minimum absolute atomic E-state index is 0.0299. The Balaban J connectivity index is 1.54. The fourth-order valence-electron chi connectivity index (χ4n) is 3.67. The van der Waals surface area contributed by atoms with Gasteiger partial charge in [-0.05, 0) is 31.0 Å². The van der Waals surface area contributed by atoms with E-state index in [0.717, 1.165) is 35.8 Å². The Morgan fingerprint density at radius 3 is 2.74 bits per heavy atom. The third kappa shape index (κ3) is 4.74. The molecular formula is C23H20F2N2O4. The van der Waals surface area contributed by atoms with E-state index >= 15 is 0 Å². The van der Waals surface area contributed by atoms with Gasteiger partial charge in [-0.1, -0.05) is 18.2 Å². The normalized spacial score (nSPS) is 12.9. The van der Waals surface area contributed by atoms with Crippen molar-refractivity contribution in [2.75, 3.05) is 11.4 Å². The first-order valence-corrected chi connectivity index (χ1v) is 9.78. The number of carbonyl (C=O) groups is 1. The lowest BCUT2D eigenvalue weighted by molar-refractivity contribution is 0.144. The van der Waals surface area contributed by atoms with Crippen LogP contribution in [0.3, 0.4) is 0 Å². The van der Waals surface area contributed by atoms with Crippen LogP contribution < -0.4 is 14.4 Å². The van der Waals surface area contributed by atoms with E-state index in [1.165, 1.54) is 18.3 Å². The molecule has 2 heterocycles. The zero-order valence-electron chi connectivity index (χ0n) is 16.6. The lowest BCUT2D eigenvalue weighted by Crippen LogP contribution is -2.29. The van der Waals surface area contributed by atoms with Crippen molar-refractivity contribution in [2.24, 2.45) is 0 Å². The first kappa shape index (κ1) is 20.6.